The number of hydrogen-bond donors (Lipinski definition) is 2. The molecular formula is C29H46O3. The van der Waals surface area contributed by atoms with Gasteiger partial charge in [-0.1, -0.05) is 46.3 Å². The van der Waals surface area contributed by atoms with E-state index in [1.54, 1.807) is 5.57 Å². The summed E-state index contributed by atoms with van der Waals surface area (Å²) in [5, 5.41) is 20.8. The number of carbonyl (C=O) groups is 1. The largest absolute Gasteiger partial charge is 0.481 e. The summed E-state index contributed by atoms with van der Waals surface area (Å²) in [4.78, 5) is 12.2. The Balaban J connectivity index is 1.52. The molecule has 0 spiro atoms. The number of rotatable bonds is 1. The van der Waals surface area contributed by atoms with Crippen LogP contribution < -0.4 is 0 Å². The molecule has 0 aromatic heterocycles. The highest BCUT2D eigenvalue weighted by molar-refractivity contribution is 5.74. The Bertz CT molecular complexity index is 843. The summed E-state index contributed by atoms with van der Waals surface area (Å²) in [6.07, 6.45) is 13.4. The summed E-state index contributed by atoms with van der Waals surface area (Å²) in [5.74, 6) is 1.71. The fourth-order valence-corrected chi connectivity index (χ4v) is 10.2. The number of hydrogen-bond acceptors (Lipinski definition) is 2. The van der Waals surface area contributed by atoms with E-state index >= 15 is 0 Å². The van der Waals surface area contributed by atoms with Crippen molar-refractivity contribution in [2.75, 3.05) is 0 Å². The van der Waals surface area contributed by atoms with Gasteiger partial charge >= 0.3 is 5.97 Å². The number of aliphatic hydroxyl groups excluding tert-OH is 1. The lowest BCUT2D eigenvalue weighted by atomic mass is 9.37. The van der Waals surface area contributed by atoms with Crippen molar-refractivity contribution in [3.8, 4) is 0 Å². The maximum absolute atomic E-state index is 12.2. The first-order valence-electron chi connectivity index (χ1n) is 13.4. The van der Waals surface area contributed by atoms with Crippen molar-refractivity contribution in [1.29, 1.82) is 0 Å². The summed E-state index contributed by atoms with van der Waals surface area (Å²) in [6.45, 7) is 14.2. The van der Waals surface area contributed by atoms with Crippen LogP contribution in [0.5, 0.6) is 0 Å². The van der Waals surface area contributed by atoms with Crippen molar-refractivity contribution in [2.24, 2.45) is 50.7 Å². The smallest absolute Gasteiger partial charge is 0.309 e. The maximum Gasteiger partial charge on any atom is 0.309 e. The number of carboxylic acid groups (broad SMARTS) is 1. The van der Waals surface area contributed by atoms with Crippen LogP contribution in [0.1, 0.15) is 106 Å². The van der Waals surface area contributed by atoms with E-state index < -0.39 is 11.4 Å². The molecular weight excluding hydrogens is 396 g/mol. The lowest BCUT2D eigenvalue weighted by Gasteiger charge is -2.68. The molecule has 4 fully saturated rings. The van der Waals surface area contributed by atoms with Crippen molar-refractivity contribution in [1.82, 2.24) is 0 Å². The molecule has 3 nitrogen and oxygen atoms in total. The van der Waals surface area contributed by atoms with Crippen molar-refractivity contribution in [3.05, 3.63) is 11.6 Å². The summed E-state index contributed by atoms with van der Waals surface area (Å²) in [6, 6.07) is 0. The van der Waals surface area contributed by atoms with Crippen LogP contribution in [-0.2, 0) is 4.79 Å². The van der Waals surface area contributed by atoms with Gasteiger partial charge in [0, 0.05) is 0 Å². The first kappa shape index (κ1) is 22.9. The second-order valence-corrected chi connectivity index (χ2v) is 14.3. The number of aliphatic hydroxyl groups is 1. The Morgan fingerprint density at radius 3 is 2.22 bits per heavy atom. The Kier molecular flexibility index (Phi) is 4.92. The molecule has 0 bridgehead atoms. The molecule has 3 heteroatoms. The van der Waals surface area contributed by atoms with Crippen LogP contribution in [-0.4, -0.2) is 22.3 Å². The van der Waals surface area contributed by atoms with Crippen LogP contribution in [0, 0.1) is 50.7 Å². The monoisotopic (exact) mass is 442 g/mol. The topological polar surface area (TPSA) is 57.5 Å². The van der Waals surface area contributed by atoms with E-state index in [0.717, 1.165) is 38.5 Å². The van der Waals surface area contributed by atoms with E-state index in [4.69, 9.17) is 0 Å². The highest BCUT2D eigenvalue weighted by Gasteiger charge is 2.64. The number of aliphatic carboxylic acids is 1. The van der Waals surface area contributed by atoms with Gasteiger partial charge in [0.25, 0.3) is 0 Å². The zero-order valence-corrected chi connectivity index (χ0v) is 21.3. The van der Waals surface area contributed by atoms with Gasteiger partial charge in [-0.2, -0.15) is 0 Å². The van der Waals surface area contributed by atoms with Crippen LogP contribution in [0.2, 0.25) is 0 Å². The molecule has 4 saturated carbocycles. The van der Waals surface area contributed by atoms with Crippen molar-refractivity contribution in [2.45, 2.75) is 112 Å². The standard InChI is InChI=1S/C29H46O3/c1-25(2)21-10-13-28(5)19-9-12-26(3)15-16-27(4,24(31)32)17-20(26)18(19)7-8-22(28)29(21,6)14-11-23(25)30/h7,19-23,30H,8-17H2,1-6H3,(H,31,32). The second-order valence-electron chi connectivity index (χ2n) is 14.3. The number of fused-ring (bicyclic) bond motifs is 7. The second kappa shape index (κ2) is 6.86. The Labute approximate surface area is 195 Å². The maximum atomic E-state index is 12.2. The quantitative estimate of drug-likeness (QED) is 0.437. The molecule has 2 N–H and O–H groups in total. The average molecular weight is 443 g/mol. The highest BCUT2D eigenvalue weighted by Crippen LogP contribution is 2.72. The van der Waals surface area contributed by atoms with E-state index in [-0.39, 0.29) is 16.9 Å². The Hall–Kier alpha value is -0.830. The normalized spacial score (nSPS) is 54.3. The fraction of sp³-hybridized carbons (Fsp3) is 0.897. The molecule has 0 saturated heterocycles. The Morgan fingerprint density at radius 2 is 1.53 bits per heavy atom. The molecule has 0 amide bonds. The predicted molar refractivity (Wildman–Crippen MR) is 128 cm³/mol. The first-order chi connectivity index (χ1) is 14.8. The lowest BCUT2D eigenvalue weighted by molar-refractivity contribution is -0.186. The van der Waals surface area contributed by atoms with Gasteiger partial charge in [-0.05, 0) is 116 Å². The third kappa shape index (κ3) is 2.85. The van der Waals surface area contributed by atoms with E-state index in [9.17, 15) is 15.0 Å². The van der Waals surface area contributed by atoms with Gasteiger partial charge in [0.1, 0.15) is 0 Å². The first-order valence-corrected chi connectivity index (χ1v) is 13.4. The lowest BCUT2D eigenvalue weighted by Crippen LogP contribution is -2.61. The third-order valence-electron chi connectivity index (χ3n) is 12.5. The molecule has 32 heavy (non-hydrogen) atoms. The minimum Gasteiger partial charge on any atom is -0.481 e. The average Bonchev–Trinajstić information content (AvgIpc) is 2.71. The van der Waals surface area contributed by atoms with Gasteiger partial charge in [-0.25, -0.2) is 0 Å². The minimum atomic E-state index is -0.599. The molecule has 0 heterocycles. The minimum absolute atomic E-state index is 0.00384. The molecule has 5 aliphatic carbocycles. The summed E-state index contributed by atoms with van der Waals surface area (Å²) in [5.41, 5.74) is 1.95. The summed E-state index contributed by atoms with van der Waals surface area (Å²) >= 11 is 0. The van der Waals surface area contributed by atoms with Gasteiger partial charge < -0.3 is 10.2 Å². The molecule has 0 aromatic carbocycles. The van der Waals surface area contributed by atoms with Crippen LogP contribution in [0.3, 0.4) is 0 Å². The van der Waals surface area contributed by atoms with Crippen LogP contribution >= 0.6 is 0 Å². The molecule has 0 radical (unpaired) electrons. The highest BCUT2D eigenvalue weighted by atomic mass is 16.4. The zero-order valence-electron chi connectivity index (χ0n) is 21.3. The van der Waals surface area contributed by atoms with Gasteiger partial charge in [-0.15, -0.1) is 0 Å². The van der Waals surface area contributed by atoms with Gasteiger partial charge in [0.2, 0.25) is 0 Å². The van der Waals surface area contributed by atoms with Gasteiger partial charge in [0.15, 0.2) is 0 Å². The molecule has 0 aromatic rings. The third-order valence-corrected chi connectivity index (χ3v) is 12.5. The van der Waals surface area contributed by atoms with Crippen molar-refractivity contribution >= 4 is 5.97 Å². The van der Waals surface area contributed by atoms with Crippen LogP contribution in [0.4, 0.5) is 0 Å². The SMILES string of the molecule is CC1(C(=O)O)CCC2(C)CCC3C(=CCC4C3(C)CCC3C(C)(C)C(O)CCC34C)C2C1. The van der Waals surface area contributed by atoms with Crippen molar-refractivity contribution in [3.63, 3.8) is 0 Å². The molecule has 0 aliphatic heterocycles. The molecule has 5 rings (SSSR count). The molecule has 5 aliphatic rings. The molecule has 9 unspecified atom stereocenters. The zero-order chi connectivity index (χ0) is 23.3. The molecule has 9 atom stereocenters. The van der Waals surface area contributed by atoms with E-state index in [1.807, 2.05) is 6.92 Å². The van der Waals surface area contributed by atoms with E-state index in [1.165, 1.54) is 25.7 Å². The van der Waals surface area contributed by atoms with Crippen LogP contribution in [0.25, 0.3) is 0 Å². The van der Waals surface area contributed by atoms with Gasteiger partial charge in [-0.3, -0.25) is 4.79 Å². The Morgan fingerprint density at radius 1 is 0.844 bits per heavy atom. The summed E-state index contributed by atoms with van der Waals surface area (Å²) < 4.78 is 0. The fourth-order valence-electron chi connectivity index (χ4n) is 10.2. The summed E-state index contributed by atoms with van der Waals surface area (Å²) in [7, 11) is 0. The number of carboxylic acids is 1. The van der Waals surface area contributed by atoms with Gasteiger partial charge in [0.05, 0.1) is 11.5 Å². The van der Waals surface area contributed by atoms with E-state index in [2.05, 4.69) is 40.7 Å². The van der Waals surface area contributed by atoms with Crippen LogP contribution in [0.15, 0.2) is 11.6 Å². The van der Waals surface area contributed by atoms with E-state index in [0.29, 0.717) is 34.5 Å². The number of allylic oxidation sites excluding steroid dienone is 2. The van der Waals surface area contributed by atoms with Crippen molar-refractivity contribution < 1.29 is 15.0 Å². The molecule has 180 valence electrons. The predicted octanol–water partition coefficient (Wildman–Crippen LogP) is 6.84.